The second-order valence-electron chi connectivity index (χ2n) is 4.75. The number of rotatable bonds is 5. The normalized spacial score (nSPS) is 10.3. The van der Waals surface area contributed by atoms with Gasteiger partial charge in [0.05, 0.1) is 12.7 Å². The van der Waals surface area contributed by atoms with Crippen molar-refractivity contribution in [2.24, 2.45) is 0 Å². The molecule has 0 aliphatic carbocycles. The first-order valence-electron chi connectivity index (χ1n) is 6.58. The van der Waals surface area contributed by atoms with Crippen LogP contribution >= 0.6 is 11.6 Å². The molecule has 3 nitrogen and oxygen atoms in total. The lowest BCUT2D eigenvalue weighted by Crippen LogP contribution is -2.13. The molecule has 0 heterocycles. The van der Waals surface area contributed by atoms with Crippen LogP contribution in [0.5, 0.6) is 11.5 Å². The van der Waals surface area contributed by atoms with E-state index in [9.17, 15) is 4.79 Å². The van der Waals surface area contributed by atoms with Crippen LogP contribution in [0, 0.1) is 13.8 Å². The van der Waals surface area contributed by atoms with Crippen molar-refractivity contribution >= 4 is 17.4 Å². The monoisotopic (exact) mass is 304 g/mol. The third-order valence-corrected chi connectivity index (χ3v) is 3.62. The Morgan fingerprint density at radius 1 is 1.10 bits per heavy atom. The molecular formula is C17H17ClO3. The van der Waals surface area contributed by atoms with Gasteiger partial charge in [0.25, 0.3) is 0 Å². The molecule has 0 aliphatic rings. The third-order valence-electron chi connectivity index (χ3n) is 3.36. The lowest BCUT2D eigenvalue weighted by atomic mass is 10.0. The van der Waals surface area contributed by atoms with Crippen LogP contribution in [0.4, 0.5) is 0 Å². The zero-order chi connectivity index (χ0) is 15.4. The number of hydrogen-bond acceptors (Lipinski definition) is 3. The van der Waals surface area contributed by atoms with Gasteiger partial charge < -0.3 is 9.47 Å². The average molecular weight is 305 g/mol. The van der Waals surface area contributed by atoms with Crippen molar-refractivity contribution in [3.63, 3.8) is 0 Å². The Morgan fingerprint density at radius 2 is 1.76 bits per heavy atom. The lowest BCUT2D eigenvalue weighted by molar-refractivity contribution is 0.0918. The molecule has 2 rings (SSSR count). The first-order chi connectivity index (χ1) is 10.0. The van der Waals surface area contributed by atoms with E-state index in [1.54, 1.807) is 37.4 Å². The molecule has 0 saturated carbocycles. The lowest BCUT2D eigenvalue weighted by Gasteiger charge is -2.13. The van der Waals surface area contributed by atoms with E-state index in [-0.39, 0.29) is 12.4 Å². The molecule has 0 aliphatic heterocycles. The van der Waals surface area contributed by atoms with Crippen LogP contribution in [-0.2, 0) is 0 Å². The number of aryl methyl sites for hydroxylation is 1. The zero-order valence-electron chi connectivity index (χ0n) is 12.3. The summed E-state index contributed by atoms with van der Waals surface area (Å²) in [6.07, 6.45) is 0. The summed E-state index contributed by atoms with van der Waals surface area (Å²) in [6.45, 7) is 3.88. The van der Waals surface area contributed by atoms with E-state index in [4.69, 9.17) is 21.1 Å². The number of carbonyl (C=O) groups excluding carboxylic acids is 1. The quantitative estimate of drug-likeness (QED) is 0.776. The predicted octanol–water partition coefficient (Wildman–Crippen LogP) is 4.23. The minimum absolute atomic E-state index is 0.0412. The van der Waals surface area contributed by atoms with Crippen LogP contribution in [0.25, 0.3) is 0 Å². The number of Topliss-reactive ketones (excluding diaryl/α,β-unsaturated/α-hetero) is 1. The number of hydrogen-bond donors (Lipinski definition) is 0. The number of ketones is 1. The van der Waals surface area contributed by atoms with Gasteiger partial charge in [-0.25, -0.2) is 0 Å². The number of ether oxygens (including phenoxy) is 2. The molecule has 21 heavy (non-hydrogen) atoms. The Kier molecular flexibility index (Phi) is 4.86. The minimum atomic E-state index is -0.120. The summed E-state index contributed by atoms with van der Waals surface area (Å²) in [7, 11) is 1.57. The summed E-state index contributed by atoms with van der Waals surface area (Å²) in [5, 5.41) is 0.629. The summed E-state index contributed by atoms with van der Waals surface area (Å²) in [6, 6.07) is 10.6. The number of carbonyl (C=O) groups is 1. The molecule has 0 fully saturated rings. The van der Waals surface area contributed by atoms with Gasteiger partial charge in [-0.3, -0.25) is 4.79 Å². The first-order valence-corrected chi connectivity index (χ1v) is 6.96. The molecule has 0 unspecified atom stereocenters. The van der Waals surface area contributed by atoms with Crippen molar-refractivity contribution < 1.29 is 14.3 Å². The Hall–Kier alpha value is -2.00. The molecule has 4 heteroatoms. The first kappa shape index (κ1) is 15.4. The third kappa shape index (κ3) is 3.56. The number of methoxy groups -OCH3 is 1. The van der Waals surface area contributed by atoms with E-state index < -0.39 is 0 Å². The molecular weight excluding hydrogens is 288 g/mol. The SMILES string of the molecule is COc1c(C(=O)COc2ccc(Cl)cc2)ccc(C)c1C. The van der Waals surface area contributed by atoms with E-state index in [1.165, 1.54) is 0 Å². The molecule has 0 radical (unpaired) electrons. The fourth-order valence-corrected chi connectivity index (χ4v) is 2.16. The van der Waals surface area contributed by atoms with Crippen LogP contribution in [0.1, 0.15) is 21.5 Å². The smallest absolute Gasteiger partial charge is 0.203 e. The zero-order valence-corrected chi connectivity index (χ0v) is 13.0. The molecule has 2 aromatic carbocycles. The summed E-state index contributed by atoms with van der Waals surface area (Å²) >= 11 is 5.80. The molecule has 0 saturated heterocycles. The van der Waals surface area contributed by atoms with Crippen LogP contribution in [0.15, 0.2) is 36.4 Å². The maximum absolute atomic E-state index is 12.3. The van der Waals surface area contributed by atoms with Gasteiger partial charge in [-0.1, -0.05) is 17.7 Å². The molecule has 0 bridgehead atoms. The summed E-state index contributed by atoms with van der Waals surface area (Å²) < 4.78 is 10.8. The van der Waals surface area contributed by atoms with Gasteiger partial charge in [-0.05, 0) is 55.3 Å². The standard InChI is InChI=1S/C17H17ClO3/c1-11-4-9-15(17(20-3)12(11)2)16(19)10-21-14-7-5-13(18)6-8-14/h4-9H,10H2,1-3H3. The molecule has 0 N–H and O–H groups in total. The summed E-state index contributed by atoms with van der Waals surface area (Å²) in [4.78, 5) is 12.3. The van der Waals surface area contributed by atoms with Crippen molar-refractivity contribution in [3.05, 3.63) is 58.1 Å². The Balaban J connectivity index is 2.13. The van der Waals surface area contributed by atoms with Crippen LogP contribution < -0.4 is 9.47 Å². The van der Waals surface area contributed by atoms with Gasteiger partial charge >= 0.3 is 0 Å². The topological polar surface area (TPSA) is 35.5 Å². The van der Waals surface area contributed by atoms with Gasteiger partial charge in [0.2, 0.25) is 5.78 Å². The fourth-order valence-electron chi connectivity index (χ4n) is 2.03. The van der Waals surface area contributed by atoms with E-state index in [2.05, 4.69) is 0 Å². The van der Waals surface area contributed by atoms with Gasteiger partial charge in [0, 0.05) is 5.02 Å². The number of benzene rings is 2. The van der Waals surface area contributed by atoms with Gasteiger partial charge in [0.15, 0.2) is 6.61 Å². The van der Waals surface area contributed by atoms with Crippen LogP contribution in [-0.4, -0.2) is 19.5 Å². The average Bonchev–Trinajstić information content (AvgIpc) is 2.49. The van der Waals surface area contributed by atoms with Gasteiger partial charge in [-0.2, -0.15) is 0 Å². The Labute approximate surface area is 129 Å². The highest BCUT2D eigenvalue weighted by atomic mass is 35.5. The highest BCUT2D eigenvalue weighted by Gasteiger charge is 2.16. The Morgan fingerprint density at radius 3 is 2.38 bits per heavy atom. The Bertz CT molecular complexity index is 648. The molecule has 0 spiro atoms. The van der Waals surface area contributed by atoms with Crippen molar-refractivity contribution in [1.82, 2.24) is 0 Å². The van der Waals surface area contributed by atoms with E-state index in [0.717, 1.165) is 11.1 Å². The van der Waals surface area contributed by atoms with Gasteiger partial charge in [0.1, 0.15) is 11.5 Å². The van der Waals surface area contributed by atoms with Crippen molar-refractivity contribution in [3.8, 4) is 11.5 Å². The van der Waals surface area contributed by atoms with Crippen molar-refractivity contribution in [2.45, 2.75) is 13.8 Å². The van der Waals surface area contributed by atoms with E-state index in [1.807, 2.05) is 19.9 Å². The number of halogens is 1. The molecule has 0 atom stereocenters. The highest BCUT2D eigenvalue weighted by Crippen LogP contribution is 2.26. The molecule has 0 aromatic heterocycles. The van der Waals surface area contributed by atoms with E-state index in [0.29, 0.717) is 22.1 Å². The van der Waals surface area contributed by atoms with Crippen molar-refractivity contribution in [2.75, 3.05) is 13.7 Å². The van der Waals surface area contributed by atoms with Crippen molar-refractivity contribution in [1.29, 1.82) is 0 Å². The molecule has 110 valence electrons. The van der Waals surface area contributed by atoms with Crippen LogP contribution in [0.2, 0.25) is 5.02 Å². The molecule has 2 aromatic rings. The maximum atomic E-state index is 12.3. The molecule has 0 amide bonds. The largest absolute Gasteiger partial charge is 0.496 e. The summed E-state index contributed by atoms with van der Waals surface area (Å²) in [5.41, 5.74) is 2.59. The van der Waals surface area contributed by atoms with E-state index >= 15 is 0 Å². The summed E-state index contributed by atoms with van der Waals surface area (Å²) in [5.74, 6) is 1.10. The van der Waals surface area contributed by atoms with Crippen LogP contribution in [0.3, 0.4) is 0 Å². The fraction of sp³-hybridized carbons (Fsp3) is 0.235. The minimum Gasteiger partial charge on any atom is -0.496 e. The highest BCUT2D eigenvalue weighted by molar-refractivity contribution is 6.30. The second-order valence-corrected chi connectivity index (χ2v) is 5.19. The maximum Gasteiger partial charge on any atom is 0.203 e. The van der Waals surface area contributed by atoms with Gasteiger partial charge in [-0.15, -0.1) is 0 Å². The second kappa shape index (κ2) is 6.64. The predicted molar refractivity (Wildman–Crippen MR) is 83.7 cm³/mol.